The van der Waals surface area contributed by atoms with E-state index in [1.54, 1.807) is 30.3 Å². The van der Waals surface area contributed by atoms with E-state index in [1.165, 1.54) is 16.4 Å². The van der Waals surface area contributed by atoms with Gasteiger partial charge in [0.15, 0.2) is 5.11 Å². The van der Waals surface area contributed by atoms with E-state index in [1.807, 2.05) is 31.2 Å². The largest absolute Gasteiger partial charge is 0.493 e. The Kier molecular flexibility index (Phi) is 7.20. The first-order valence-electron chi connectivity index (χ1n) is 10.5. The van der Waals surface area contributed by atoms with Gasteiger partial charge in [-0.15, -0.1) is 0 Å². The van der Waals surface area contributed by atoms with Crippen molar-refractivity contribution in [3.8, 4) is 5.75 Å². The SMILES string of the molecule is CCOc1ccc(C(=O)NC(=S)Nc2ccc(S(=O)(=O)N3CCc4ccccc43)cc2)cc1Br. The molecule has 0 fully saturated rings. The van der Waals surface area contributed by atoms with Gasteiger partial charge in [-0.3, -0.25) is 14.4 Å². The first kappa shape index (κ1) is 24.2. The molecule has 0 unspecified atom stereocenters. The van der Waals surface area contributed by atoms with Gasteiger partial charge in [-0.25, -0.2) is 8.42 Å². The van der Waals surface area contributed by atoms with Crippen LogP contribution in [0.15, 0.2) is 76.1 Å². The number of carbonyl (C=O) groups is 1. The van der Waals surface area contributed by atoms with Crippen LogP contribution in [0.4, 0.5) is 11.4 Å². The van der Waals surface area contributed by atoms with E-state index in [2.05, 4.69) is 26.6 Å². The predicted octanol–water partition coefficient (Wildman–Crippen LogP) is 4.73. The molecule has 1 aliphatic rings. The number of fused-ring (bicyclic) bond motifs is 1. The van der Waals surface area contributed by atoms with Gasteiger partial charge < -0.3 is 10.1 Å². The van der Waals surface area contributed by atoms with E-state index in [0.717, 1.165) is 11.3 Å². The van der Waals surface area contributed by atoms with Crippen LogP contribution >= 0.6 is 28.1 Å². The monoisotopic (exact) mass is 559 g/mol. The molecule has 176 valence electrons. The number of nitrogens with zero attached hydrogens (tertiary/aromatic N) is 1. The topological polar surface area (TPSA) is 87.7 Å². The molecule has 0 spiro atoms. The summed E-state index contributed by atoms with van der Waals surface area (Å²) in [7, 11) is -3.68. The van der Waals surface area contributed by atoms with Gasteiger partial charge in [-0.2, -0.15) is 0 Å². The average Bonchev–Trinajstić information content (AvgIpc) is 3.26. The molecule has 1 amide bonds. The lowest BCUT2D eigenvalue weighted by Gasteiger charge is -2.19. The number of hydrogen-bond acceptors (Lipinski definition) is 5. The molecule has 34 heavy (non-hydrogen) atoms. The molecule has 0 radical (unpaired) electrons. The van der Waals surface area contributed by atoms with Gasteiger partial charge in [0.1, 0.15) is 5.75 Å². The highest BCUT2D eigenvalue weighted by Crippen LogP contribution is 2.33. The Morgan fingerprint density at radius 3 is 2.56 bits per heavy atom. The number of benzene rings is 3. The zero-order chi connectivity index (χ0) is 24.3. The van der Waals surface area contributed by atoms with Crippen molar-refractivity contribution in [2.45, 2.75) is 18.2 Å². The summed E-state index contributed by atoms with van der Waals surface area (Å²) < 4.78 is 33.8. The van der Waals surface area contributed by atoms with Gasteiger partial charge >= 0.3 is 0 Å². The molecule has 10 heteroatoms. The van der Waals surface area contributed by atoms with Crippen LogP contribution in [0.25, 0.3) is 0 Å². The van der Waals surface area contributed by atoms with E-state index < -0.39 is 10.0 Å². The second-order valence-corrected chi connectivity index (χ2v) is 10.6. The molecule has 1 aliphatic heterocycles. The minimum Gasteiger partial charge on any atom is -0.493 e. The number of sulfonamides is 1. The fourth-order valence-electron chi connectivity index (χ4n) is 3.65. The molecule has 0 saturated heterocycles. The van der Waals surface area contributed by atoms with Crippen LogP contribution in [-0.2, 0) is 16.4 Å². The lowest BCUT2D eigenvalue weighted by molar-refractivity contribution is 0.0977. The van der Waals surface area contributed by atoms with Crippen LogP contribution < -0.4 is 19.7 Å². The number of anilines is 2. The van der Waals surface area contributed by atoms with Crippen LogP contribution in [-0.4, -0.2) is 32.6 Å². The molecule has 4 rings (SSSR count). The number of hydrogen-bond donors (Lipinski definition) is 2. The van der Waals surface area contributed by atoms with Crippen LogP contribution in [0.1, 0.15) is 22.8 Å². The lowest BCUT2D eigenvalue weighted by Crippen LogP contribution is -2.34. The molecule has 0 saturated carbocycles. The van der Waals surface area contributed by atoms with Gasteiger partial charge in [-0.1, -0.05) is 18.2 Å². The number of thiocarbonyl (C=S) groups is 1. The number of amides is 1. The van der Waals surface area contributed by atoms with Gasteiger partial charge in [0, 0.05) is 17.8 Å². The maximum atomic E-state index is 13.1. The summed E-state index contributed by atoms with van der Waals surface area (Å²) in [6, 6.07) is 18.8. The zero-order valence-electron chi connectivity index (χ0n) is 18.2. The van der Waals surface area contributed by atoms with Crippen molar-refractivity contribution >= 4 is 60.6 Å². The summed E-state index contributed by atoms with van der Waals surface area (Å²) in [5, 5.41) is 5.62. The highest BCUT2D eigenvalue weighted by molar-refractivity contribution is 9.10. The van der Waals surface area contributed by atoms with E-state index in [-0.39, 0.29) is 15.9 Å². The van der Waals surface area contributed by atoms with Crippen molar-refractivity contribution in [3.63, 3.8) is 0 Å². The molecular weight excluding hydrogens is 538 g/mol. The highest BCUT2D eigenvalue weighted by Gasteiger charge is 2.30. The summed E-state index contributed by atoms with van der Waals surface area (Å²) in [4.78, 5) is 12.7. The van der Waals surface area contributed by atoms with Crippen LogP contribution in [0.5, 0.6) is 5.75 Å². The number of nitrogens with one attached hydrogen (secondary N) is 2. The fourth-order valence-corrected chi connectivity index (χ4v) is 5.85. The molecule has 3 aromatic carbocycles. The maximum absolute atomic E-state index is 13.1. The first-order chi connectivity index (χ1) is 16.3. The maximum Gasteiger partial charge on any atom is 0.264 e. The standard InChI is InChI=1S/C24H22BrN3O4S2/c1-2-32-22-12-7-17(15-20(22)25)23(29)27-24(33)26-18-8-10-19(11-9-18)34(30,31)28-14-13-16-5-3-4-6-21(16)28/h3-12,15H,2,13-14H2,1H3,(H2,26,27,29,33). The average molecular weight is 560 g/mol. The Labute approximate surface area is 212 Å². The van der Waals surface area contributed by atoms with Gasteiger partial charge in [0.25, 0.3) is 15.9 Å². The number of halogens is 1. The van der Waals surface area contributed by atoms with E-state index in [4.69, 9.17) is 17.0 Å². The van der Waals surface area contributed by atoms with Crippen molar-refractivity contribution in [2.24, 2.45) is 0 Å². The first-order valence-corrected chi connectivity index (χ1v) is 13.2. The molecule has 3 aromatic rings. The van der Waals surface area contributed by atoms with Crippen molar-refractivity contribution in [1.82, 2.24) is 5.32 Å². The Hall–Kier alpha value is -2.95. The molecule has 7 nitrogen and oxygen atoms in total. The van der Waals surface area contributed by atoms with Gasteiger partial charge in [-0.05, 0) is 95.6 Å². The Morgan fingerprint density at radius 1 is 1.12 bits per heavy atom. The number of para-hydroxylation sites is 1. The molecule has 0 aromatic heterocycles. The summed E-state index contributed by atoms with van der Waals surface area (Å²) in [6.45, 7) is 2.81. The second kappa shape index (κ2) is 10.1. The minimum atomic E-state index is -3.68. The molecule has 0 bridgehead atoms. The Balaban J connectivity index is 1.40. The third kappa shape index (κ3) is 5.08. The normalized spacial score (nSPS) is 12.7. The Morgan fingerprint density at radius 2 is 1.85 bits per heavy atom. The molecule has 2 N–H and O–H groups in total. The van der Waals surface area contributed by atoms with E-state index in [9.17, 15) is 13.2 Å². The van der Waals surface area contributed by atoms with Crippen molar-refractivity contribution < 1.29 is 17.9 Å². The molecule has 1 heterocycles. The van der Waals surface area contributed by atoms with Crippen LogP contribution in [0, 0.1) is 0 Å². The fraction of sp³-hybridized carbons (Fsp3) is 0.167. The molecule has 0 atom stereocenters. The summed E-state index contributed by atoms with van der Waals surface area (Å²) >= 11 is 8.63. The minimum absolute atomic E-state index is 0.0964. The van der Waals surface area contributed by atoms with Crippen LogP contribution in [0.2, 0.25) is 0 Å². The highest BCUT2D eigenvalue weighted by atomic mass is 79.9. The number of ether oxygens (including phenoxy) is 1. The molecule has 0 aliphatic carbocycles. The van der Waals surface area contributed by atoms with Crippen molar-refractivity contribution in [2.75, 3.05) is 22.8 Å². The zero-order valence-corrected chi connectivity index (χ0v) is 21.5. The second-order valence-electron chi connectivity index (χ2n) is 7.47. The number of rotatable bonds is 6. The smallest absolute Gasteiger partial charge is 0.264 e. The summed E-state index contributed by atoms with van der Waals surface area (Å²) in [5.41, 5.74) is 2.70. The predicted molar refractivity (Wildman–Crippen MR) is 140 cm³/mol. The third-order valence-corrected chi connectivity index (χ3v) is 7.92. The van der Waals surface area contributed by atoms with Crippen molar-refractivity contribution in [3.05, 3.63) is 82.3 Å². The Bertz CT molecular complexity index is 1340. The summed E-state index contributed by atoms with van der Waals surface area (Å²) in [5.74, 6) is 0.264. The quantitative estimate of drug-likeness (QED) is 0.424. The van der Waals surface area contributed by atoms with E-state index >= 15 is 0 Å². The summed E-state index contributed by atoms with van der Waals surface area (Å²) in [6.07, 6.45) is 0.688. The van der Waals surface area contributed by atoms with Crippen LogP contribution in [0.3, 0.4) is 0 Å². The third-order valence-electron chi connectivity index (χ3n) is 5.27. The number of carbonyl (C=O) groups excluding carboxylic acids is 1. The van der Waals surface area contributed by atoms with Crippen molar-refractivity contribution in [1.29, 1.82) is 0 Å². The lowest BCUT2D eigenvalue weighted by atomic mass is 10.2. The molecular formula is C24H22BrN3O4S2. The van der Waals surface area contributed by atoms with Gasteiger partial charge in [0.2, 0.25) is 0 Å². The van der Waals surface area contributed by atoms with E-state index in [0.29, 0.717) is 41.0 Å². The van der Waals surface area contributed by atoms with Gasteiger partial charge in [0.05, 0.1) is 21.7 Å².